The van der Waals surface area contributed by atoms with E-state index in [9.17, 15) is 17.6 Å². The van der Waals surface area contributed by atoms with Crippen LogP contribution in [0.25, 0.3) is 0 Å². The monoisotopic (exact) mass is 303 g/mol. The zero-order valence-corrected chi connectivity index (χ0v) is 11.3. The molecule has 0 saturated carbocycles. The minimum Gasteiger partial charge on any atom is -0.324 e. The van der Waals surface area contributed by atoms with Gasteiger partial charge in [0.1, 0.15) is 5.82 Å². The number of alkyl halides is 3. The molecule has 1 nitrogen and oxygen atoms in total. The predicted molar refractivity (Wildman–Crippen MR) is 71.0 cm³/mol. The second-order valence-electron chi connectivity index (χ2n) is 4.51. The van der Waals surface area contributed by atoms with Crippen molar-refractivity contribution in [1.29, 1.82) is 0 Å². The van der Waals surface area contributed by atoms with E-state index in [1.54, 1.807) is 11.3 Å². The minimum atomic E-state index is -4.70. The molecule has 0 aliphatic heterocycles. The second kappa shape index (κ2) is 5.93. The maximum absolute atomic E-state index is 13.2. The fourth-order valence-electron chi connectivity index (χ4n) is 1.91. The third kappa shape index (κ3) is 3.58. The number of hydrogen-bond donors (Lipinski definition) is 1. The molecule has 0 radical (unpaired) electrons. The highest BCUT2D eigenvalue weighted by Gasteiger charge is 2.34. The van der Waals surface area contributed by atoms with E-state index in [4.69, 9.17) is 5.73 Å². The van der Waals surface area contributed by atoms with E-state index in [0.717, 1.165) is 17.7 Å². The van der Waals surface area contributed by atoms with Crippen molar-refractivity contribution in [2.45, 2.75) is 25.1 Å². The van der Waals surface area contributed by atoms with Crippen molar-refractivity contribution < 1.29 is 17.6 Å². The van der Waals surface area contributed by atoms with Gasteiger partial charge < -0.3 is 5.73 Å². The molecule has 1 unspecified atom stereocenters. The quantitative estimate of drug-likeness (QED) is 0.825. The standard InChI is InChI=1S/C14H13F4NS/c15-12-3-2-10(7-11(12)14(16,17)18)13(19)4-1-9-5-6-20-8-9/h2-3,5-8,13H,1,4,19H2. The molecule has 0 aliphatic rings. The Bertz CT molecular complexity index is 563. The van der Waals surface area contributed by atoms with Crippen molar-refractivity contribution in [2.24, 2.45) is 5.73 Å². The molecule has 0 aliphatic carbocycles. The molecular formula is C14H13F4NS. The highest BCUT2D eigenvalue weighted by Crippen LogP contribution is 2.33. The van der Waals surface area contributed by atoms with Gasteiger partial charge in [0.25, 0.3) is 0 Å². The maximum Gasteiger partial charge on any atom is 0.419 e. The molecular weight excluding hydrogens is 290 g/mol. The van der Waals surface area contributed by atoms with Gasteiger partial charge in [-0.15, -0.1) is 0 Å². The lowest BCUT2D eigenvalue weighted by molar-refractivity contribution is -0.140. The normalized spacial score (nSPS) is 13.4. The number of rotatable bonds is 4. The van der Waals surface area contributed by atoms with Crippen LogP contribution >= 0.6 is 11.3 Å². The van der Waals surface area contributed by atoms with E-state index < -0.39 is 23.6 Å². The van der Waals surface area contributed by atoms with Crippen LogP contribution in [0, 0.1) is 5.82 Å². The molecule has 2 rings (SSSR count). The van der Waals surface area contributed by atoms with Crippen LogP contribution in [0.2, 0.25) is 0 Å². The summed E-state index contributed by atoms with van der Waals surface area (Å²) in [7, 11) is 0. The van der Waals surface area contributed by atoms with E-state index in [1.807, 2.05) is 16.8 Å². The summed E-state index contributed by atoms with van der Waals surface area (Å²) in [5.41, 5.74) is 6.02. The molecule has 0 fully saturated rings. The maximum atomic E-state index is 13.2. The summed E-state index contributed by atoms with van der Waals surface area (Å²) in [5.74, 6) is -1.27. The molecule has 2 aromatic rings. The third-order valence-electron chi connectivity index (χ3n) is 3.05. The fourth-order valence-corrected chi connectivity index (χ4v) is 2.62. The van der Waals surface area contributed by atoms with Crippen molar-refractivity contribution in [3.8, 4) is 0 Å². The molecule has 20 heavy (non-hydrogen) atoms. The van der Waals surface area contributed by atoms with Crippen LogP contribution in [0.4, 0.5) is 17.6 Å². The van der Waals surface area contributed by atoms with Crippen LogP contribution < -0.4 is 5.73 Å². The predicted octanol–water partition coefficient (Wildman–Crippen LogP) is 4.54. The highest BCUT2D eigenvalue weighted by molar-refractivity contribution is 7.07. The number of thiophene rings is 1. The smallest absolute Gasteiger partial charge is 0.324 e. The SMILES string of the molecule is NC(CCc1ccsc1)c1ccc(F)c(C(F)(F)F)c1. The summed E-state index contributed by atoms with van der Waals surface area (Å²) < 4.78 is 51.0. The topological polar surface area (TPSA) is 26.0 Å². The van der Waals surface area contributed by atoms with Gasteiger partial charge in [0, 0.05) is 6.04 Å². The van der Waals surface area contributed by atoms with Crippen LogP contribution in [0.15, 0.2) is 35.0 Å². The lowest BCUT2D eigenvalue weighted by atomic mass is 9.99. The van der Waals surface area contributed by atoms with Crippen LogP contribution in [0.3, 0.4) is 0 Å². The van der Waals surface area contributed by atoms with Crippen molar-refractivity contribution in [3.05, 3.63) is 57.5 Å². The third-order valence-corrected chi connectivity index (χ3v) is 3.78. The first-order valence-corrected chi connectivity index (χ1v) is 6.95. The second-order valence-corrected chi connectivity index (χ2v) is 5.29. The van der Waals surface area contributed by atoms with Gasteiger partial charge in [-0.2, -0.15) is 24.5 Å². The highest BCUT2D eigenvalue weighted by atomic mass is 32.1. The fraction of sp³-hybridized carbons (Fsp3) is 0.286. The van der Waals surface area contributed by atoms with Gasteiger partial charge in [-0.1, -0.05) is 6.07 Å². The summed E-state index contributed by atoms with van der Waals surface area (Å²) in [5, 5.41) is 3.90. The Kier molecular flexibility index (Phi) is 4.45. The zero-order valence-electron chi connectivity index (χ0n) is 10.5. The molecule has 108 valence electrons. The van der Waals surface area contributed by atoms with Crippen molar-refractivity contribution >= 4 is 11.3 Å². The van der Waals surface area contributed by atoms with E-state index in [2.05, 4.69) is 0 Å². The summed E-state index contributed by atoms with van der Waals surface area (Å²) in [6, 6.07) is 4.33. The largest absolute Gasteiger partial charge is 0.419 e. The summed E-state index contributed by atoms with van der Waals surface area (Å²) in [6.45, 7) is 0. The molecule has 0 amide bonds. The Hall–Kier alpha value is -1.40. The molecule has 1 atom stereocenters. The molecule has 0 saturated heterocycles. The average molecular weight is 303 g/mol. The minimum absolute atomic E-state index is 0.300. The summed E-state index contributed by atoms with van der Waals surface area (Å²) >= 11 is 1.56. The van der Waals surface area contributed by atoms with E-state index in [1.165, 1.54) is 6.07 Å². The van der Waals surface area contributed by atoms with Gasteiger partial charge in [0.2, 0.25) is 0 Å². The Balaban J connectivity index is 2.12. The molecule has 1 aromatic heterocycles. The van der Waals surface area contributed by atoms with Crippen LogP contribution in [-0.2, 0) is 12.6 Å². The van der Waals surface area contributed by atoms with Crippen molar-refractivity contribution in [2.75, 3.05) is 0 Å². The molecule has 2 N–H and O–H groups in total. The number of benzene rings is 1. The Morgan fingerprint density at radius 3 is 2.55 bits per heavy atom. The molecule has 0 bridgehead atoms. The zero-order chi connectivity index (χ0) is 14.8. The first-order valence-electron chi connectivity index (χ1n) is 6.01. The molecule has 0 spiro atoms. The average Bonchev–Trinajstić information content (AvgIpc) is 2.88. The van der Waals surface area contributed by atoms with Crippen LogP contribution in [-0.4, -0.2) is 0 Å². The van der Waals surface area contributed by atoms with Gasteiger partial charge >= 0.3 is 6.18 Å². The van der Waals surface area contributed by atoms with Gasteiger partial charge in [-0.25, -0.2) is 4.39 Å². The Morgan fingerprint density at radius 1 is 1.20 bits per heavy atom. The first-order chi connectivity index (χ1) is 9.38. The Morgan fingerprint density at radius 2 is 1.95 bits per heavy atom. The summed E-state index contributed by atoms with van der Waals surface area (Å²) in [6.07, 6.45) is -3.50. The van der Waals surface area contributed by atoms with E-state index in [0.29, 0.717) is 18.4 Å². The van der Waals surface area contributed by atoms with Gasteiger partial charge in [-0.05, 0) is 52.9 Å². The van der Waals surface area contributed by atoms with Gasteiger partial charge in [-0.3, -0.25) is 0 Å². The van der Waals surface area contributed by atoms with Gasteiger partial charge in [0.05, 0.1) is 5.56 Å². The van der Waals surface area contributed by atoms with E-state index in [-0.39, 0.29) is 0 Å². The van der Waals surface area contributed by atoms with Crippen molar-refractivity contribution in [3.63, 3.8) is 0 Å². The van der Waals surface area contributed by atoms with E-state index >= 15 is 0 Å². The number of nitrogens with two attached hydrogens (primary N) is 1. The van der Waals surface area contributed by atoms with Gasteiger partial charge in [0.15, 0.2) is 0 Å². The molecule has 1 aromatic carbocycles. The number of aryl methyl sites for hydroxylation is 1. The number of hydrogen-bond acceptors (Lipinski definition) is 2. The number of halogens is 4. The van der Waals surface area contributed by atoms with Crippen molar-refractivity contribution in [1.82, 2.24) is 0 Å². The molecule has 6 heteroatoms. The lowest BCUT2D eigenvalue weighted by Crippen LogP contribution is -2.14. The Labute approximate surface area is 118 Å². The van der Waals surface area contributed by atoms with Crippen LogP contribution in [0.1, 0.15) is 29.2 Å². The summed E-state index contributed by atoms with van der Waals surface area (Å²) in [4.78, 5) is 0. The lowest BCUT2D eigenvalue weighted by Gasteiger charge is -2.15. The molecule has 1 heterocycles. The first kappa shape index (κ1) is 15.0. The van der Waals surface area contributed by atoms with Crippen LogP contribution in [0.5, 0.6) is 0 Å².